The van der Waals surface area contributed by atoms with Gasteiger partial charge in [0.25, 0.3) is 0 Å². The van der Waals surface area contributed by atoms with Crippen molar-refractivity contribution in [1.82, 2.24) is 4.90 Å². The first kappa shape index (κ1) is 9.77. The Balaban J connectivity index is 2.36. The minimum absolute atomic E-state index is 0.141. The highest BCUT2D eigenvalue weighted by atomic mass is 127. The second-order valence-electron chi connectivity index (χ2n) is 2.71. The van der Waals surface area contributed by atoms with Crippen LogP contribution in [0.1, 0.15) is 12.8 Å². The largest absolute Gasteiger partial charge is 0.339 e. The van der Waals surface area contributed by atoms with Gasteiger partial charge >= 0.3 is 0 Å². The van der Waals surface area contributed by atoms with Gasteiger partial charge in [-0.1, -0.05) is 34.7 Å². The minimum Gasteiger partial charge on any atom is -0.339 e. The number of carbonyl (C=O) groups is 1. The molecule has 0 atom stereocenters. The van der Waals surface area contributed by atoms with Gasteiger partial charge in [-0.2, -0.15) is 0 Å². The number of hydrogen-bond donors (Lipinski definition) is 0. The van der Waals surface area contributed by atoms with Gasteiger partial charge in [0.05, 0.1) is 0 Å². The highest BCUT2D eigenvalue weighted by molar-refractivity contribution is 14.1. The highest BCUT2D eigenvalue weighted by Gasteiger charge is 2.14. The molecular weight excluding hydrogens is 265 g/mol. The van der Waals surface area contributed by atoms with E-state index in [-0.39, 0.29) is 5.91 Å². The van der Waals surface area contributed by atoms with Crippen molar-refractivity contribution >= 4 is 28.5 Å². The SMILES string of the molecule is O=C(/C=C/C=C/I)N1CCCC1. The molecule has 66 valence electrons. The zero-order valence-corrected chi connectivity index (χ0v) is 9.03. The Morgan fingerprint density at radius 2 is 1.92 bits per heavy atom. The zero-order chi connectivity index (χ0) is 8.81. The third kappa shape index (κ3) is 2.97. The van der Waals surface area contributed by atoms with Crippen LogP contribution in [0.5, 0.6) is 0 Å². The molecule has 12 heavy (non-hydrogen) atoms. The fourth-order valence-electron chi connectivity index (χ4n) is 1.22. The van der Waals surface area contributed by atoms with Gasteiger partial charge in [-0.15, -0.1) is 0 Å². The fourth-order valence-corrected chi connectivity index (χ4v) is 1.46. The molecule has 0 spiro atoms. The van der Waals surface area contributed by atoms with Gasteiger partial charge in [-0.05, 0) is 16.9 Å². The number of allylic oxidation sites excluding steroid dienone is 2. The van der Waals surface area contributed by atoms with Crippen molar-refractivity contribution in [2.45, 2.75) is 12.8 Å². The molecular formula is C9H12INO. The molecule has 0 aromatic carbocycles. The van der Waals surface area contributed by atoms with Gasteiger partial charge in [0.15, 0.2) is 0 Å². The average Bonchev–Trinajstić information content (AvgIpc) is 2.56. The molecule has 0 aromatic heterocycles. The van der Waals surface area contributed by atoms with Crippen LogP contribution >= 0.6 is 22.6 Å². The predicted octanol–water partition coefficient (Wildman–Crippen LogP) is 2.11. The number of amides is 1. The topological polar surface area (TPSA) is 20.3 Å². The lowest BCUT2D eigenvalue weighted by atomic mass is 10.4. The van der Waals surface area contributed by atoms with Crippen LogP contribution in [-0.2, 0) is 4.79 Å². The maximum Gasteiger partial charge on any atom is 0.246 e. The van der Waals surface area contributed by atoms with Gasteiger partial charge in [0.2, 0.25) is 5.91 Å². The van der Waals surface area contributed by atoms with E-state index in [2.05, 4.69) is 22.6 Å². The van der Waals surface area contributed by atoms with E-state index in [4.69, 9.17) is 0 Å². The van der Waals surface area contributed by atoms with E-state index in [1.54, 1.807) is 12.2 Å². The Morgan fingerprint density at radius 1 is 1.25 bits per heavy atom. The molecule has 0 aromatic rings. The Labute approximate surface area is 86.5 Å². The molecule has 1 amide bonds. The number of rotatable bonds is 2. The van der Waals surface area contributed by atoms with Crippen LogP contribution in [0.2, 0.25) is 0 Å². The molecule has 1 fully saturated rings. The van der Waals surface area contributed by atoms with E-state index in [0.29, 0.717) is 0 Å². The zero-order valence-electron chi connectivity index (χ0n) is 6.87. The van der Waals surface area contributed by atoms with Crippen molar-refractivity contribution in [2.24, 2.45) is 0 Å². The highest BCUT2D eigenvalue weighted by Crippen LogP contribution is 2.07. The standard InChI is InChI=1S/C9H12INO/c10-6-2-1-5-9(12)11-7-3-4-8-11/h1-2,5-6H,3-4,7-8H2/b5-1+,6-2+. The summed E-state index contributed by atoms with van der Waals surface area (Å²) >= 11 is 2.13. The molecule has 2 nitrogen and oxygen atoms in total. The van der Waals surface area contributed by atoms with E-state index in [1.807, 2.05) is 15.1 Å². The quantitative estimate of drug-likeness (QED) is 0.430. The van der Waals surface area contributed by atoms with E-state index in [0.717, 1.165) is 25.9 Å². The number of hydrogen-bond acceptors (Lipinski definition) is 1. The molecule has 0 unspecified atom stereocenters. The summed E-state index contributed by atoms with van der Waals surface area (Å²) in [6.07, 6.45) is 7.57. The smallest absolute Gasteiger partial charge is 0.246 e. The lowest BCUT2D eigenvalue weighted by Gasteiger charge is -2.11. The summed E-state index contributed by atoms with van der Waals surface area (Å²) in [5.41, 5.74) is 0. The number of halogens is 1. The second-order valence-corrected chi connectivity index (χ2v) is 3.43. The van der Waals surface area contributed by atoms with Gasteiger partial charge in [-0.25, -0.2) is 0 Å². The van der Waals surface area contributed by atoms with Crippen LogP contribution in [0, 0.1) is 0 Å². The summed E-state index contributed by atoms with van der Waals surface area (Å²) in [6, 6.07) is 0. The maximum atomic E-state index is 11.3. The van der Waals surface area contributed by atoms with Crippen molar-refractivity contribution in [3.05, 3.63) is 22.3 Å². The Morgan fingerprint density at radius 3 is 2.50 bits per heavy atom. The lowest BCUT2D eigenvalue weighted by Crippen LogP contribution is -2.25. The normalized spacial score (nSPS) is 18.2. The summed E-state index contributed by atoms with van der Waals surface area (Å²) in [7, 11) is 0. The molecule has 0 bridgehead atoms. The third-order valence-electron chi connectivity index (χ3n) is 1.84. The number of nitrogens with zero attached hydrogens (tertiary/aromatic N) is 1. The van der Waals surface area contributed by atoms with Crippen LogP contribution in [0.25, 0.3) is 0 Å². The lowest BCUT2D eigenvalue weighted by molar-refractivity contribution is -0.124. The molecule has 1 heterocycles. The molecule has 1 rings (SSSR count). The van der Waals surface area contributed by atoms with E-state index in [1.165, 1.54) is 0 Å². The van der Waals surface area contributed by atoms with Crippen molar-refractivity contribution in [1.29, 1.82) is 0 Å². The van der Waals surface area contributed by atoms with Gasteiger partial charge in [-0.3, -0.25) is 4.79 Å². The Bertz CT molecular complexity index is 205. The third-order valence-corrected chi connectivity index (χ3v) is 2.26. The monoisotopic (exact) mass is 277 g/mol. The van der Waals surface area contributed by atoms with Crippen LogP contribution in [0.15, 0.2) is 22.3 Å². The van der Waals surface area contributed by atoms with Gasteiger partial charge in [0, 0.05) is 19.2 Å². The Kier molecular flexibility index (Phi) is 4.35. The van der Waals surface area contributed by atoms with Crippen molar-refractivity contribution in [3.8, 4) is 0 Å². The number of carbonyl (C=O) groups excluding carboxylic acids is 1. The molecule has 3 heteroatoms. The Hall–Kier alpha value is -0.320. The fraction of sp³-hybridized carbons (Fsp3) is 0.444. The summed E-state index contributed by atoms with van der Waals surface area (Å²) in [5.74, 6) is 0.141. The van der Waals surface area contributed by atoms with Gasteiger partial charge in [0.1, 0.15) is 0 Å². The molecule has 0 radical (unpaired) electrons. The van der Waals surface area contributed by atoms with Crippen LogP contribution in [0.3, 0.4) is 0 Å². The van der Waals surface area contributed by atoms with Gasteiger partial charge < -0.3 is 4.90 Å². The second kappa shape index (κ2) is 5.35. The van der Waals surface area contributed by atoms with Crippen LogP contribution in [0.4, 0.5) is 0 Å². The molecule has 0 aliphatic carbocycles. The summed E-state index contributed by atoms with van der Waals surface area (Å²) in [4.78, 5) is 13.2. The van der Waals surface area contributed by atoms with Crippen molar-refractivity contribution in [2.75, 3.05) is 13.1 Å². The summed E-state index contributed by atoms with van der Waals surface area (Å²) in [6.45, 7) is 1.86. The van der Waals surface area contributed by atoms with E-state index < -0.39 is 0 Å². The van der Waals surface area contributed by atoms with Crippen LogP contribution in [-0.4, -0.2) is 23.9 Å². The molecule has 0 N–H and O–H groups in total. The summed E-state index contributed by atoms with van der Waals surface area (Å²) < 4.78 is 1.88. The maximum absolute atomic E-state index is 11.3. The first-order chi connectivity index (χ1) is 5.84. The molecule has 0 saturated carbocycles. The molecule has 1 aliphatic rings. The minimum atomic E-state index is 0.141. The summed E-state index contributed by atoms with van der Waals surface area (Å²) in [5, 5.41) is 0. The number of likely N-dealkylation sites (tertiary alicyclic amines) is 1. The van der Waals surface area contributed by atoms with Crippen molar-refractivity contribution in [3.63, 3.8) is 0 Å². The molecule has 1 aliphatic heterocycles. The average molecular weight is 277 g/mol. The van der Waals surface area contributed by atoms with E-state index in [9.17, 15) is 4.79 Å². The van der Waals surface area contributed by atoms with Crippen molar-refractivity contribution < 1.29 is 4.79 Å². The first-order valence-corrected chi connectivity index (χ1v) is 5.31. The van der Waals surface area contributed by atoms with E-state index >= 15 is 0 Å². The first-order valence-electron chi connectivity index (χ1n) is 4.07. The predicted molar refractivity (Wildman–Crippen MR) is 58.1 cm³/mol. The van der Waals surface area contributed by atoms with Crippen LogP contribution < -0.4 is 0 Å². The molecule has 1 saturated heterocycles.